The van der Waals surface area contributed by atoms with Gasteiger partial charge in [0.2, 0.25) is 5.95 Å². The molecule has 1 aliphatic heterocycles. The van der Waals surface area contributed by atoms with Crippen molar-refractivity contribution in [1.82, 2.24) is 19.7 Å². The van der Waals surface area contributed by atoms with Crippen LogP contribution in [0.15, 0.2) is 66.4 Å². The summed E-state index contributed by atoms with van der Waals surface area (Å²) in [6, 6.07) is 11.3. The highest BCUT2D eigenvalue weighted by atomic mass is 35.5. The number of aromatic nitrogens is 4. The molecule has 0 saturated heterocycles. The minimum absolute atomic E-state index is 0.0893. The summed E-state index contributed by atoms with van der Waals surface area (Å²) in [6.07, 6.45) is 6.18. The molecule has 3 aromatic rings. The fourth-order valence-corrected chi connectivity index (χ4v) is 4.19. The quantitative estimate of drug-likeness (QED) is 0.736. The van der Waals surface area contributed by atoms with E-state index in [1.807, 2.05) is 36.4 Å². The van der Waals surface area contributed by atoms with Gasteiger partial charge in [-0.05, 0) is 41.7 Å². The smallest absolute Gasteiger partial charge is 0.226 e. The summed E-state index contributed by atoms with van der Waals surface area (Å²) < 4.78 is 1.76. The van der Waals surface area contributed by atoms with Gasteiger partial charge in [-0.3, -0.25) is 9.78 Å². The van der Waals surface area contributed by atoms with E-state index in [9.17, 15) is 4.79 Å². The van der Waals surface area contributed by atoms with Gasteiger partial charge in [0.15, 0.2) is 5.78 Å². The number of carbonyl (C=O) groups is 1. The summed E-state index contributed by atoms with van der Waals surface area (Å²) in [7, 11) is 0. The molecule has 1 N–H and O–H groups in total. The average molecular weight is 378 g/mol. The minimum Gasteiger partial charge on any atom is -0.328 e. The predicted octanol–water partition coefficient (Wildman–Crippen LogP) is 3.74. The first-order chi connectivity index (χ1) is 13.2. The lowest BCUT2D eigenvalue weighted by Gasteiger charge is -2.35. The Hall–Kier alpha value is -2.99. The zero-order chi connectivity index (χ0) is 18.4. The van der Waals surface area contributed by atoms with Crippen LogP contribution >= 0.6 is 11.6 Å². The summed E-state index contributed by atoms with van der Waals surface area (Å²) >= 11 is 6.15. The average Bonchev–Trinajstić information content (AvgIpc) is 3.15. The molecule has 134 valence electrons. The molecule has 3 heterocycles. The van der Waals surface area contributed by atoms with E-state index in [2.05, 4.69) is 20.4 Å². The molecular weight excluding hydrogens is 362 g/mol. The van der Waals surface area contributed by atoms with E-state index in [4.69, 9.17) is 11.6 Å². The Morgan fingerprint density at radius 3 is 2.85 bits per heavy atom. The molecular formula is C20H16ClN5O. The Labute approximate surface area is 160 Å². The molecule has 0 saturated carbocycles. The second kappa shape index (κ2) is 6.32. The number of carbonyl (C=O) groups excluding carboxylic acids is 1. The van der Waals surface area contributed by atoms with E-state index in [1.54, 1.807) is 17.1 Å². The van der Waals surface area contributed by atoms with Gasteiger partial charge in [0.05, 0.1) is 0 Å². The third-order valence-electron chi connectivity index (χ3n) is 5.18. The third-order valence-corrected chi connectivity index (χ3v) is 5.42. The Morgan fingerprint density at radius 2 is 2.04 bits per heavy atom. The first-order valence-corrected chi connectivity index (χ1v) is 9.16. The molecule has 0 amide bonds. The molecule has 6 nitrogen and oxygen atoms in total. The van der Waals surface area contributed by atoms with Gasteiger partial charge in [0.25, 0.3) is 0 Å². The SMILES string of the molecule is O=C1CC(c2cccc(Cl)c2)CC2=C1C(c1cccnc1)n1ncnc1N2. The van der Waals surface area contributed by atoms with Crippen molar-refractivity contribution < 1.29 is 4.79 Å². The maximum Gasteiger partial charge on any atom is 0.226 e. The number of hydrogen-bond acceptors (Lipinski definition) is 5. The Bertz CT molecular complexity index is 1060. The largest absolute Gasteiger partial charge is 0.328 e. The van der Waals surface area contributed by atoms with Crippen LogP contribution < -0.4 is 5.32 Å². The monoisotopic (exact) mass is 377 g/mol. The van der Waals surface area contributed by atoms with Crippen molar-refractivity contribution in [3.05, 3.63) is 82.5 Å². The standard InChI is InChI=1S/C20H16ClN5O/c21-15-5-1-3-12(7-15)14-8-16-18(17(27)9-14)19(13-4-2-6-22-10-13)26-20(25-16)23-11-24-26/h1-7,10-11,14,19H,8-9H2,(H,23,24,25). The number of pyridine rings is 1. The van der Waals surface area contributed by atoms with Crippen molar-refractivity contribution in [3.63, 3.8) is 0 Å². The van der Waals surface area contributed by atoms with Crippen LogP contribution in [-0.4, -0.2) is 25.5 Å². The maximum absolute atomic E-state index is 13.2. The van der Waals surface area contributed by atoms with Crippen LogP contribution in [0.25, 0.3) is 0 Å². The second-order valence-corrected chi connectivity index (χ2v) is 7.25. The number of ketones is 1. The zero-order valence-corrected chi connectivity index (χ0v) is 15.1. The number of hydrogen-bond donors (Lipinski definition) is 1. The maximum atomic E-state index is 13.2. The summed E-state index contributed by atoms with van der Waals surface area (Å²) in [5.74, 6) is 0.845. The van der Waals surface area contributed by atoms with E-state index in [1.165, 1.54) is 6.33 Å². The van der Waals surface area contributed by atoms with Crippen molar-refractivity contribution in [1.29, 1.82) is 0 Å². The molecule has 2 unspecified atom stereocenters. The fraction of sp³-hybridized carbons (Fsp3) is 0.200. The highest BCUT2D eigenvalue weighted by Crippen LogP contribution is 2.43. The Balaban J connectivity index is 1.60. The molecule has 2 atom stereocenters. The van der Waals surface area contributed by atoms with Crippen molar-refractivity contribution in [3.8, 4) is 0 Å². The Morgan fingerprint density at radius 1 is 1.15 bits per heavy atom. The van der Waals surface area contributed by atoms with Gasteiger partial charge < -0.3 is 5.32 Å². The molecule has 0 radical (unpaired) electrons. The lowest BCUT2D eigenvalue weighted by Crippen LogP contribution is -2.33. The number of benzene rings is 1. The van der Waals surface area contributed by atoms with Crippen LogP contribution in [-0.2, 0) is 4.79 Å². The molecule has 7 heteroatoms. The number of nitrogens with one attached hydrogen (secondary N) is 1. The zero-order valence-electron chi connectivity index (χ0n) is 14.3. The van der Waals surface area contributed by atoms with Crippen LogP contribution in [0.5, 0.6) is 0 Å². The van der Waals surface area contributed by atoms with Crippen LogP contribution in [0.1, 0.15) is 35.9 Å². The Kier molecular flexibility index (Phi) is 3.79. The number of halogens is 1. The molecule has 1 aromatic carbocycles. The van der Waals surface area contributed by atoms with Crippen LogP contribution in [0.2, 0.25) is 5.02 Å². The molecule has 5 rings (SSSR count). The molecule has 2 aliphatic rings. The van der Waals surface area contributed by atoms with Crippen molar-refractivity contribution in [2.75, 3.05) is 5.32 Å². The fourth-order valence-electron chi connectivity index (χ4n) is 3.99. The van der Waals surface area contributed by atoms with Crippen molar-refractivity contribution in [2.24, 2.45) is 0 Å². The van der Waals surface area contributed by atoms with E-state index < -0.39 is 0 Å². The first-order valence-electron chi connectivity index (χ1n) is 8.79. The van der Waals surface area contributed by atoms with E-state index in [0.717, 1.165) is 28.8 Å². The molecule has 2 aromatic heterocycles. The van der Waals surface area contributed by atoms with Gasteiger partial charge in [0, 0.05) is 35.1 Å². The van der Waals surface area contributed by atoms with Gasteiger partial charge in [-0.25, -0.2) is 4.68 Å². The van der Waals surface area contributed by atoms with Crippen LogP contribution in [0.3, 0.4) is 0 Å². The van der Waals surface area contributed by atoms with Gasteiger partial charge in [-0.15, -0.1) is 0 Å². The highest BCUT2D eigenvalue weighted by molar-refractivity contribution is 6.30. The number of Topliss-reactive ketones (excluding diaryl/α,β-unsaturated/α-hetero) is 1. The molecule has 0 fully saturated rings. The lowest BCUT2D eigenvalue weighted by atomic mass is 9.78. The van der Waals surface area contributed by atoms with E-state index >= 15 is 0 Å². The number of anilines is 1. The minimum atomic E-state index is -0.305. The van der Waals surface area contributed by atoms with Gasteiger partial charge >= 0.3 is 0 Å². The summed E-state index contributed by atoms with van der Waals surface area (Å²) in [4.78, 5) is 21.7. The molecule has 0 bridgehead atoms. The van der Waals surface area contributed by atoms with Gasteiger partial charge in [-0.1, -0.05) is 29.8 Å². The number of allylic oxidation sites excluding steroid dienone is 2. The number of fused-ring (bicyclic) bond motifs is 1. The van der Waals surface area contributed by atoms with Crippen molar-refractivity contribution >= 4 is 23.3 Å². The highest BCUT2D eigenvalue weighted by Gasteiger charge is 2.39. The number of nitrogens with zero attached hydrogens (tertiary/aromatic N) is 4. The predicted molar refractivity (Wildman–Crippen MR) is 101 cm³/mol. The molecule has 1 aliphatic carbocycles. The van der Waals surface area contributed by atoms with Crippen molar-refractivity contribution in [2.45, 2.75) is 24.8 Å². The van der Waals surface area contributed by atoms with Crippen LogP contribution in [0.4, 0.5) is 5.95 Å². The second-order valence-electron chi connectivity index (χ2n) is 6.82. The van der Waals surface area contributed by atoms with E-state index in [0.29, 0.717) is 17.4 Å². The topological polar surface area (TPSA) is 72.7 Å². The summed E-state index contributed by atoms with van der Waals surface area (Å²) in [5.41, 5.74) is 3.66. The summed E-state index contributed by atoms with van der Waals surface area (Å²) in [6.45, 7) is 0. The van der Waals surface area contributed by atoms with E-state index in [-0.39, 0.29) is 17.7 Å². The van der Waals surface area contributed by atoms with Gasteiger partial charge in [-0.2, -0.15) is 10.1 Å². The normalized spacial score (nSPS) is 21.4. The molecule has 0 spiro atoms. The summed E-state index contributed by atoms with van der Waals surface area (Å²) in [5, 5.41) is 8.34. The van der Waals surface area contributed by atoms with Gasteiger partial charge in [0.1, 0.15) is 12.4 Å². The molecule has 27 heavy (non-hydrogen) atoms. The third kappa shape index (κ3) is 2.73. The first kappa shape index (κ1) is 16.2. The lowest BCUT2D eigenvalue weighted by molar-refractivity contribution is -0.116. The van der Waals surface area contributed by atoms with Crippen LogP contribution in [0, 0.1) is 0 Å². The number of rotatable bonds is 2.